The molecule has 1 aliphatic rings. The van der Waals surface area contributed by atoms with Gasteiger partial charge in [-0.2, -0.15) is 17.5 Å². The highest BCUT2D eigenvalue weighted by Crippen LogP contribution is 2.30. The second-order valence-corrected chi connectivity index (χ2v) is 10.3. The minimum Gasteiger partial charge on any atom is -0.379 e. The number of alkyl halides is 3. The molecule has 0 aromatic heterocycles. The van der Waals surface area contributed by atoms with E-state index in [1.165, 1.54) is 16.4 Å². The normalized spacial score (nSPS) is 15.8. The van der Waals surface area contributed by atoms with Gasteiger partial charge in [0, 0.05) is 26.2 Å². The van der Waals surface area contributed by atoms with Crippen LogP contribution in [0, 0.1) is 0 Å². The van der Waals surface area contributed by atoms with E-state index in [9.17, 15) is 21.6 Å². The van der Waals surface area contributed by atoms with Gasteiger partial charge in [-0.15, -0.1) is 0 Å². The van der Waals surface area contributed by atoms with E-state index in [0.717, 1.165) is 42.5 Å². The van der Waals surface area contributed by atoms with Crippen molar-refractivity contribution in [3.63, 3.8) is 0 Å². The van der Waals surface area contributed by atoms with Crippen molar-refractivity contribution in [3.05, 3.63) is 77.9 Å². The third-order valence-electron chi connectivity index (χ3n) is 5.98. The fourth-order valence-electron chi connectivity index (χ4n) is 4.06. The number of benzene rings is 3. The van der Waals surface area contributed by atoms with Crippen LogP contribution >= 0.6 is 0 Å². The lowest BCUT2D eigenvalue weighted by molar-refractivity contribution is -0.137. The van der Waals surface area contributed by atoms with Crippen molar-refractivity contribution in [3.8, 4) is 0 Å². The molecule has 1 aliphatic heterocycles. The van der Waals surface area contributed by atoms with Gasteiger partial charge in [0.25, 0.3) is 0 Å². The zero-order valence-electron chi connectivity index (χ0n) is 18.7. The molecule has 1 fully saturated rings. The predicted molar refractivity (Wildman–Crippen MR) is 125 cm³/mol. The summed E-state index contributed by atoms with van der Waals surface area (Å²) in [6.07, 6.45) is -3.83. The maximum absolute atomic E-state index is 13.6. The van der Waals surface area contributed by atoms with Gasteiger partial charge in [-0.3, -0.25) is 4.90 Å². The highest BCUT2D eigenvalue weighted by molar-refractivity contribution is 7.89. The molecule has 1 heterocycles. The summed E-state index contributed by atoms with van der Waals surface area (Å²) in [6.45, 7) is 3.89. The Balaban J connectivity index is 1.57. The molecule has 0 unspecified atom stereocenters. The Hall–Kier alpha value is -2.46. The van der Waals surface area contributed by atoms with Crippen molar-refractivity contribution in [1.82, 2.24) is 9.21 Å². The topological polar surface area (TPSA) is 49.9 Å². The van der Waals surface area contributed by atoms with E-state index in [1.807, 2.05) is 24.3 Å². The number of halogens is 3. The predicted octanol–water partition coefficient (Wildman–Crippen LogP) is 4.77. The summed E-state index contributed by atoms with van der Waals surface area (Å²) in [4.78, 5) is 2.40. The summed E-state index contributed by atoms with van der Waals surface area (Å²) in [7, 11) is -3.86. The first-order chi connectivity index (χ1) is 16.2. The largest absolute Gasteiger partial charge is 0.416 e. The molecule has 1 saturated heterocycles. The van der Waals surface area contributed by atoms with Crippen LogP contribution in [0.1, 0.15) is 17.5 Å². The Kier molecular flexibility index (Phi) is 7.57. The molecule has 0 bridgehead atoms. The van der Waals surface area contributed by atoms with Crippen LogP contribution in [-0.2, 0) is 27.5 Å². The molecule has 182 valence electrons. The van der Waals surface area contributed by atoms with Crippen LogP contribution in [0.3, 0.4) is 0 Å². The summed E-state index contributed by atoms with van der Waals surface area (Å²) in [5.41, 5.74) is -0.253. The van der Waals surface area contributed by atoms with Gasteiger partial charge in [-0.05, 0) is 53.6 Å². The number of fused-ring (bicyclic) bond motifs is 1. The smallest absolute Gasteiger partial charge is 0.379 e. The van der Waals surface area contributed by atoms with Crippen LogP contribution in [0.4, 0.5) is 13.2 Å². The van der Waals surface area contributed by atoms with E-state index in [4.69, 9.17) is 4.74 Å². The maximum Gasteiger partial charge on any atom is 0.416 e. The summed E-state index contributed by atoms with van der Waals surface area (Å²) < 4.78 is 72.8. The van der Waals surface area contributed by atoms with Crippen LogP contribution in [0.15, 0.2) is 71.6 Å². The highest BCUT2D eigenvalue weighted by atomic mass is 32.2. The fraction of sp³-hybridized carbons (Fsp3) is 0.360. The summed E-state index contributed by atoms with van der Waals surface area (Å²) in [6, 6.07) is 17.2. The van der Waals surface area contributed by atoms with E-state index < -0.39 is 21.8 Å². The molecule has 0 spiro atoms. The third kappa shape index (κ3) is 5.96. The number of hydrogen-bond acceptors (Lipinski definition) is 4. The van der Waals surface area contributed by atoms with E-state index >= 15 is 0 Å². The molecule has 0 saturated carbocycles. The molecule has 3 aromatic rings. The van der Waals surface area contributed by atoms with Gasteiger partial charge >= 0.3 is 6.18 Å². The summed E-state index contributed by atoms with van der Waals surface area (Å²) in [5, 5.41) is 1.74. The number of sulfonamides is 1. The zero-order valence-corrected chi connectivity index (χ0v) is 19.5. The number of rotatable bonds is 8. The highest BCUT2D eigenvalue weighted by Gasteiger charge is 2.30. The Morgan fingerprint density at radius 2 is 1.59 bits per heavy atom. The van der Waals surface area contributed by atoms with Crippen molar-refractivity contribution in [1.29, 1.82) is 0 Å². The number of nitrogens with zero attached hydrogens (tertiary/aromatic N) is 2. The monoisotopic (exact) mass is 492 g/mol. The van der Waals surface area contributed by atoms with Crippen molar-refractivity contribution < 1.29 is 26.3 Å². The average Bonchev–Trinajstić information content (AvgIpc) is 2.83. The molecule has 0 aliphatic carbocycles. The fourth-order valence-corrected chi connectivity index (χ4v) is 5.56. The van der Waals surface area contributed by atoms with Gasteiger partial charge in [0.2, 0.25) is 10.0 Å². The van der Waals surface area contributed by atoms with E-state index in [0.29, 0.717) is 25.2 Å². The Morgan fingerprint density at radius 1 is 0.912 bits per heavy atom. The van der Waals surface area contributed by atoms with Gasteiger partial charge in [-0.25, -0.2) is 8.42 Å². The van der Waals surface area contributed by atoms with E-state index in [1.54, 1.807) is 18.2 Å². The van der Waals surface area contributed by atoms with Gasteiger partial charge < -0.3 is 4.74 Å². The average molecular weight is 493 g/mol. The molecule has 0 atom stereocenters. The second-order valence-electron chi connectivity index (χ2n) is 8.35. The van der Waals surface area contributed by atoms with Crippen molar-refractivity contribution in [2.24, 2.45) is 0 Å². The standard InChI is InChI=1S/C25H27F3N2O3S/c26-25(27,28)23-9-6-20(7-10-23)19-30(13-3-12-29-14-16-33-17-15-29)34(31,32)24-11-8-21-4-1-2-5-22(21)18-24/h1-2,4-11,18H,3,12-17,19H2. The van der Waals surface area contributed by atoms with Crippen molar-refractivity contribution in [2.45, 2.75) is 24.0 Å². The van der Waals surface area contributed by atoms with Gasteiger partial charge in [-0.1, -0.05) is 42.5 Å². The molecule has 0 radical (unpaired) electrons. The quantitative estimate of drug-likeness (QED) is 0.455. The van der Waals surface area contributed by atoms with Gasteiger partial charge in [0.05, 0.1) is 23.7 Å². The molecule has 3 aromatic carbocycles. The lowest BCUT2D eigenvalue weighted by atomic mass is 10.1. The third-order valence-corrected chi connectivity index (χ3v) is 7.83. The Labute approximate surface area is 197 Å². The van der Waals surface area contributed by atoms with Crippen LogP contribution in [0.5, 0.6) is 0 Å². The molecule has 4 rings (SSSR count). The van der Waals surface area contributed by atoms with Crippen LogP contribution in [0.2, 0.25) is 0 Å². The number of ether oxygens (including phenoxy) is 1. The first-order valence-electron chi connectivity index (χ1n) is 11.2. The minimum atomic E-state index is -4.44. The summed E-state index contributed by atoms with van der Waals surface area (Å²) in [5.74, 6) is 0. The molecule has 9 heteroatoms. The van der Waals surface area contributed by atoms with Crippen LogP contribution in [-0.4, -0.2) is 57.0 Å². The second kappa shape index (κ2) is 10.4. The lowest BCUT2D eigenvalue weighted by Crippen LogP contribution is -2.39. The minimum absolute atomic E-state index is 0.00356. The molecule has 0 N–H and O–H groups in total. The van der Waals surface area contributed by atoms with Crippen LogP contribution in [0.25, 0.3) is 10.8 Å². The number of morpholine rings is 1. The van der Waals surface area contributed by atoms with Gasteiger partial charge in [0.1, 0.15) is 0 Å². The molecule has 5 nitrogen and oxygen atoms in total. The van der Waals surface area contributed by atoms with Crippen molar-refractivity contribution in [2.75, 3.05) is 39.4 Å². The van der Waals surface area contributed by atoms with Crippen molar-refractivity contribution >= 4 is 20.8 Å². The molecular formula is C25H27F3N2O3S. The number of hydrogen-bond donors (Lipinski definition) is 0. The lowest BCUT2D eigenvalue weighted by Gasteiger charge is -2.28. The summed E-state index contributed by atoms with van der Waals surface area (Å²) >= 11 is 0. The maximum atomic E-state index is 13.6. The van der Waals surface area contributed by atoms with Gasteiger partial charge in [0.15, 0.2) is 0 Å². The molecule has 34 heavy (non-hydrogen) atoms. The SMILES string of the molecule is O=S(=O)(c1ccc2ccccc2c1)N(CCCN1CCOCC1)Cc1ccc(C(F)(F)F)cc1. The Bertz CT molecular complexity index is 1210. The van der Waals surface area contributed by atoms with E-state index in [-0.39, 0.29) is 18.0 Å². The first kappa shape index (κ1) is 24.7. The van der Waals surface area contributed by atoms with E-state index in [2.05, 4.69) is 4.90 Å². The first-order valence-corrected chi connectivity index (χ1v) is 12.6. The van der Waals surface area contributed by atoms with Crippen LogP contribution < -0.4 is 0 Å². The molecular weight excluding hydrogens is 465 g/mol. The Morgan fingerprint density at radius 3 is 2.26 bits per heavy atom. The zero-order chi connectivity index (χ0) is 24.2. The molecule has 0 amide bonds.